The van der Waals surface area contributed by atoms with E-state index in [1.165, 1.54) is 16.4 Å². The van der Waals surface area contributed by atoms with Gasteiger partial charge in [0.1, 0.15) is 0 Å². The predicted molar refractivity (Wildman–Crippen MR) is 93.4 cm³/mol. The van der Waals surface area contributed by atoms with Crippen LogP contribution in [0.2, 0.25) is 0 Å². The van der Waals surface area contributed by atoms with Crippen LogP contribution in [0.15, 0.2) is 24.3 Å². The molecule has 0 aliphatic carbocycles. The first-order valence-electron chi connectivity index (χ1n) is 7.34. The average Bonchev–Trinajstić information content (AvgIpc) is 2.98. The number of anilines is 1. The number of hydrogen-bond acceptors (Lipinski definition) is 4. The SMILES string of the molecule is CNCC1CCCN(c2n[nH]c(-c3ccc(I)cc3)n2)C1. The van der Waals surface area contributed by atoms with Crippen LogP contribution < -0.4 is 10.2 Å². The molecule has 0 bridgehead atoms. The molecule has 21 heavy (non-hydrogen) atoms. The molecule has 0 saturated carbocycles. The summed E-state index contributed by atoms with van der Waals surface area (Å²) in [6.07, 6.45) is 2.49. The number of rotatable bonds is 4. The van der Waals surface area contributed by atoms with Gasteiger partial charge in [0.25, 0.3) is 0 Å². The highest BCUT2D eigenvalue weighted by molar-refractivity contribution is 14.1. The van der Waals surface area contributed by atoms with E-state index in [0.717, 1.165) is 37.0 Å². The third-order valence-electron chi connectivity index (χ3n) is 3.89. The lowest BCUT2D eigenvalue weighted by atomic mass is 9.98. The van der Waals surface area contributed by atoms with Gasteiger partial charge < -0.3 is 10.2 Å². The fraction of sp³-hybridized carbons (Fsp3) is 0.467. The number of nitrogens with zero attached hydrogens (tertiary/aromatic N) is 3. The molecule has 1 aliphatic heterocycles. The Balaban J connectivity index is 1.73. The second-order valence-corrected chi connectivity index (χ2v) is 6.75. The standard InChI is InChI=1S/C15H20IN5/c1-17-9-11-3-2-8-21(10-11)15-18-14(19-20-15)12-4-6-13(16)7-5-12/h4-7,11,17H,2-3,8-10H2,1H3,(H,18,19,20). The van der Waals surface area contributed by atoms with Crippen molar-refractivity contribution in [3.63, 3.8) is 0 Å². The lowest BCUT2D eigenvalue weighted by Gasteiger charge is -2.31. The Kier molecular flexibility index (Phi) is 4.74. The lowest BCUT2D eigenvalue weighted by Crippen LogP contribution is -2.39. The highest BCUT2D eigenvalue weighted by Gasteiger charge is 2.22. The van der Waals surface area contributed by atoms with Crippen molar-refractivity contribution in [2.24, 2.45) is 5.92 Å². The van der Waals surface area contributed by atoms with Gasteiger partial charge in [0.2, 0.25) is 5.95 Å². The molecule has 2 heterocycles. The summed E-state index contributed by atoms with van der Waals surface area (Å²) < 4.78 is 1.22. The number of aromatic nitrogens is 3. The van der Waals surface area contributed by atoms with Crippen molar-refractivity contribution >= 4 is 28.5 Å². The zero-order valence-electron chi connectivity index (χ0n) is 12.1. The van der Waals surface area contributed by atoms with E-state index in [4.69, 9.17) is 0 Å². The van der Waals surface area contributed by atoms with Gasteiger partial charge in [-0.2, -0.15) is 4.98 Å². The Bertz CT molecular complexity index is 578. The van der Waals surface area contributed by atoms with E-state index in [1.54, 1.807) is 0 Å². The average molecular weight is 397 g/mol. The van der Waals surface area contributed by atoms with Crippen molar-refractivity contribution in [1.82, 2.24) is 20.5 Å². The summed E-state index contributed by atoms with van der Waals surface area (Å²) in [6.45, 7) is 3.14. The van der Waals surface area contributed by atoms with Crippen LogP contribution in [0.4, 0.5) is 5.95 Å². The summed E-state index contributed by atoms with van der Waals surface area (Å²) in [5, 5.41) is 10.7. The van der Waals surface area contributed by atoms with Crippen LogP contribution >= 0.6 is 22.6 Å². The highest BCUT2D eigenvalue weighted by Crippen LogP contribution is 2.23. The van der Waals surface area contributed by atoms with Gasteiger partial charge in [-0.05, 0) is 67.1 Å². The van der Waals surface area contributed by atoms with Crippen LogP contribution in [0.5, 0.6) is 0 Å². The normalized spacial score (nSPS) is 19.0. The highest BCUT2D eigenvalue weighted by atomic mass is 127. The first kappa shape index (κ1) is 14.8. The van der Waals surface area contributed by atoms with Crippen LogP contribution in [0.1, 0.15) is 12.8 Å². The molecule has 5 nitrogen and oxygen atoms in total. The van der Waals surface area contributed by atoms with Gasteiger partial charge in [-0.25, -0.2) is 0 Å². The number of benzene rings is 1. The largest absolute Gasteiger partial charge is 0.339 e. The Morgan fingerprint density at radius 3 is 2.95 bits per heavy atom. The number of aromatic amines is 1. The molecule has 2 aromatic rings. The van der Waals surface area contributed by atoms with E-state index >= 15 is 0 Å². The minimum atomic E-state index is 0.684. The summed E-state index contributed by atoms with van der Waals surface area (Å²) in [5.41, 5.74) is 1.08. The van der Waals surface area contributed by atoms with Crippen LogP contribution in [0.3, 0.4) is 0 Å². The third-order valence-corrected chi connectivity index (χ3v) is 4.61. The minimum absolute atomic E-state index is 0.684. The topological polar surface area (TPSA) is 56.8 Å². The van der Waals surface area contributed by atoms with Gasteiger partial charge in [-0.15, -0.1) is 5.10 Å². The van der Waals surface area contributed by atoms with Crippen molar-refractivity contribution in [2.45, 2.75) is 12.8 Å². The van der Waals surface area contributed by atoms with Crippen LogP contribution in [0, 0.1) is 9.49 Å². The molecule has 0 amide bonds. The van der Waals surface area contributed by atoms with Crippen molar-refractivity contribution in [2.75, 3.05) is 31.6 Å². The summed E-state index contributed by atoms with van der Waals surface area (Å²) in [7, 11) is 2.01. The first-order valence-corrected chi connectivity index (χ1v) is 8.42. The second kappa shape index (κ2) is 6.74. The summed E-state index contributed by atoms with van der Waals surface area (Å²) in [6, 6.07) is 8.32. The number of piperidine rings is 1. The molecular weight excluding hydrogens is 377 g/mol. The molecule has 0 radical (unpaired) electrons. The Morgan fingerprint density at radius 2 is 2.19 bits per heavy atom. The molecule has 1 saturated heterocycles. The zero-order valence-corrected chi connectivity index (χ0v) is 14.3. The van der Waals surface area contributed by atoms with Gasteiger partial charge in [0, 0.05) is 22.2 Å². The zero-order chi connectivity index (χ0) is 14.7. The van der Waals surface area contributed by atoms with Gasteiger partial charge >= 0.3 is 0 Å². The molecule has 1 atom stereocenters. The van der Waals surface area contributed by atoms with Gasteiger partial charge in [0.05, 0.1) is 0 Å². The maximum Gasteiger partial charge on any atom is 0.245 e. The van der Waals surface area contributed by atoms with Crippen molar-refractivity contribution in [3.8, 4) is 11.4 Å². The van der Waals surface area contributed by atoms with Crippen LogP contribution in [0.25, 0.3) is 11.4 Å². The quantitative estimate of drug-likeness (QED) is 0.779. The molecule has 1 aromatic heterocycles. The molecule has 1 unspecified atom stereocenters. The van der Waals surface area contributed by atoms with Gasteiger partial charge in [-0.1, -0.05) is 12.1 Å². The molecule has 6 heteroatoms. The fourth-order valence-corrected chi connectivity index (χ4v) is 3.19. The molecule has 1 aliphatic rings. The maximum atomic E-state index is 4.66. The number of hydrogen-bond donors (Lipinski definition) is 2. The number of nitrogens with one attached hydrogen (secondary N) is 2. The van der Waals surface area contributed by atoms with E-state index in [0.29, 0.717) is 5.92 Å². The van der Waals surface area contributed by atoms with E-state index in [2.05, 4.69) is 72.3 Å². The fourth-order valence-electron chi connectivity index (χ4n) is 2.83. The lowest BCUT2D eigenvalue weighted by molar-refractivity contribution is 0.399. The Morgan fingerprint density at radius 1 is 1.38 bits per heavy atom. The summed E-state index contributed by atoms with van der Waals surface area (Å²) >= 11 is 2.31. The van der Waals surface area contributed by atoms with Gasteiger partial charge in [0.15, 0.2) is 5.82 Å². The van der Waals surface area contributed by atoms with Crippen molar-refractivity contribution in [3.05, 3.63) is 27.8 Å². The molecule has 1 aromatic carbocycles. The van der Waals surface area contributed by atoms with Crippen molar-refractivity contribution < 1.29 is 0 Å². The second-order valence-electron chi connectivity index (χ2n) is 5.50. The Hall–Kier alpha value is -1.15. The minimum Gasteiger partial charge on any atom is -0.339 e. The summed E-state index contributed by atoms with van der Waals surface area (Å²) in [5.74, 6) is 2.35. The molecular formula is C15H20IN5. The first-order chi connectivity index (χ1) is 10.3. The third kappa shape index (κ3) is 3.55. The van der Waals surface area contributed by atoms with Crippen molar-refractivity contribution in [1.29, 1.82) is 0 Å². The molecule has 0 spiro atoms. The number of H-pyrrole nitrogens is 1. The van der Waals surface area contributed by atoms with Crippen LogP contribution in [-0.4, -0.2) is 41.9 Å². The number of halogens is 1. The van der Waals surface area contributed by atoms with E-state index < -0.39 is 0 Å². The smallest absolute Gasteiger partial charge is 0.245 e. The monoisotopic (exact) mass is 397 g/mol. The molecule has 1 fully saturated rings. The maximum absolute atomic E-state index is 4.66. The van der Waals surface area contributed by atoms with E-state index in [1.807, 2.05) is 7.05 Å². The van der Waals surface area contributed by atoms with Gasteiger partial charge in [-0.3, -0.25) is 5.10 Å². The molecule has 112 valence electrons. The van der Waals surface area contributed by atoms with E-state index in [-0.39, 0.29) is 0 Å². The molecule has 3 rings (SSSR count). The Labute approximate surface area is 138 Å². The summed E-state index contributed by atoms with van der Waals surface area (Å²) in [4.78, 5) is 6.95. The van der Waals surface area contributed by atoms with E-state index in [9.17, 15) is 0 Å². The van der Waals surface area contributed by atoms with Crippen LogP contribution in [-0.2, 0) is 0 Å². The molecule has 2 N–H and O–H groups in total. The predicted octanol–water partition coefficient (Wildman–Crippen LogP) is 2.51.